The molecule has 3 amide bonds. The minimum atomic E-state index is -0.380. The second-order valence-corrected chi connectivity index (χ2v) is 4.38. The van der Waals surface area contributed by atoms with Crippen LogP contribution in [0.5, 0.6) is 0 Å². The maximum atomic E-state index is 11.7. The number of rotatable bonds is 4. The van der Waals surface area contributed by atoms with Crippen molar-refractivity contribution < 1.29 is 14.4 Å². The summed E-state index contributed by atoms with van der Waals surface area (Å²) in [6, 6.07) is 6.36. The van der Waals surface area contributed by atoms with E-state index in [2.05, 4.69) is 0 Å². The molecule has 0 aliphatic carbocycles. The van der Waals surface area contributed by atoms with Gasteiger partial charge < -0.3 is 0 Å². The molecule has 0 saturated carbocycles. The van der Waals surface area contributed by atoms with Crippen molar-refractivity contribution in [1.29, 1.82) is 0 Å². The molecule has 1 aromatic carbocycles. The van der Waals surface area contributed by atoms with E-state index in [1.54, 1.807) is 24.3 Å². The van der Waals surface area contributed by atoms with E-state index in [1.165, 1.54) is 12.2 Å². The second kappa shape index (κ2) is 5.66. The highest BCUT2D eigenvalue weighted by molar-refractivity contribution is 6.28. The quantitative estimate of drug-likeness (QED) is 0.385. The summed E-state index contributed by atoms with van der Waals surface area (Å²) in [4.78, 5) is 35.8. The lowest BCUT2D eigenvalue weighted by atomic mass is 10.2. The first-order valence-corrected chi connectivity index (χ1v) is 6.28. The van der Waals surface area contributed by atoms with Crippen molar-refractivity contribution in [2.75, 3.05) is 9.91 Å². The van der Waals surface area contributed by atoms with Crippen molar-refractivity contribution in [3.05, 3.63) is 36.4 Å². The van der Waals surface area contributed by atoms with Crippen molar-refractivity contribution in [1.82, 2.24) is 0 Å². The van der Waals surface area contributed by atoms with Crippen LogP contribution in [0.3, 0.4) is 0 Å². The Morgan fingerprint density at radius 2 is 1.70 bits per heavy atom. The number of benzene rings is 1. The molecule has 20 heavy (non-hydrogen) atoms. The average molecular weight is 273 g/mol. The molecule has 0 radical (unpaired) electrons. The Labute approximate surface area is 116 Å². The fraction of sp³-hybridized carbons (Fsp3) is 0.214. The smallest absolute Gasteiger partial charge is 0.258 e. The summed E-state index contributed by atoms with van der Waals surface area (Å²) in [6.45, 7) is 1.90. The molecule has 0 atom stereocenters. The van der Waals surface area contributed by atoms with Crippen LogP contribution in [0.1, 0.15) is 19.8 Å². The fourth-order valence-corrected chi connectivity index (χ4v) is 1.90. The summed E-state index contributed by atoms with van der Waals surface area (Å²) >= 11 is 0. The summed E-state index contributed by atoms with van der Waals surface area (Å²) in [5.74, 6) is 4.76. The lowest BCUT2D eigenvalue weighted by molar-refractivity contribution is -0.120. The minimum Gasteiger partial charge on any atom is -0.273 e. The number of amides is 3. The van der Waals surface area contributed by atoms with Crippen LogP contribution in [-0.4, -0.2) is 17.7 Å². The summed E-state index contributed by atoms with van der Waals surface area (Å²) < 4.78 is 0. The lowest BCUT2D eigenvalue weighted by Gasteiger charge is -2.18. The molecule has 1 aliphatic rings. The molecule has 6 nitrogen and oxygen atoms in total. The zero-order valence-electron chi connectivity index (χ0n) is 11.1. The van der Waals surface area contributed by atoms with Crippen LogP contribution in [0.4, 0.5) is 11.4 Å². The van der Waals surface area contributed by atoms with Crippen molar-refractivity contribution in [3.8, 4) is 0 Å². The Morgan fingerprint density at radius 3 is 2.20 bits per heavy atom. The standard InChI is InChI=1S/C14H15N3O3/c1-2-3-14(20)17(15)11-6-4-10(5-7-11)16-12(18)8-9-13(16)19/h4-9H,2-3,15H2,1H3. The van der Waals surface area contributed by atoms with Gasteiger partial charge >= 0.3 is 0 Å². The van der Waals surface area contributed by atoms with Gasteiger partial charge in [0, 0.05) is 18.6 Å². The third kappa shape index (κ3) is 2.60. The Morgan fingerprint density at radius 1 is 1.15 bits per heavy atom. The van der Waals surface area contributed by atoms with Gasteiger partial charge in [0.25, 0.3) is 11.8 Å². The van der Waals surface area contributed by atoms with Crippen molar-refractivity contribution in [2.24, 2.45) is 5.84 Å². The number of hydrazine groups is 1. The zero-order valence-corrected chi connectivity index (χ0v) is 11.1. The van der Waals surface area contributed by atoms with Crippen molar-refractivity contribution >= 4 is 29.1 Å². The predicted octanol–water partition coefficient (Wildman–Crippen LogP) is 1.12. The first-order valence-electron chi connectivity index (χ1n) is 6.28. The number of hydrogen-bond acceptors (Lipinski definition) is 4. The van der Waals surface area contributed by atoms with E-state index < -0.39 is 0 Å². The van der Waals surface area contributed by atoms with E-state index >= 15 is 0 Å². The number of anilines is 2. The van der Waals surface area contributed by atoms with Gasteiger partial charge in [0.2, 0.25) is 5.91 Å². The first-order chi connectivity index (χ1) is 9.54. The molecule has 1 aromatic rings. The van der Waals surface area contributed by atoms with Crippen LogP contribution in [0.15, 0.2) is 36.4 Å². The Bertz CT molecular complexity index is 560. The molecule has 6 heteroatoms. The van der Waals surface area contributed by atoms with Crippen LogP contribution in [0, 0.1) is 0 Å². The molecular weight excluding hydrogens is 258 g/mol. The van der Waals surface area contributed by atoms with Gasteiger partial charge in [-0.2, -0.15) is 0 Å². The van der Waals surface area contributed by atoms with Crippen LogP contribution >= 0.6 is 0 Å². The second-order valence-electron chi connectivity index (χ2n) is 4.38. The molecule has 0 fully saturated rings. The molecule has 0 saturated heterocycles. The fourth-order valence-electron chi connectivity index (χ4n) is 1.90. The minimum absolute atomic E-state index is 0.185. The first kappa shape index (κ1) is 14.0. The van der Waals surface area contributed by atoms with Gasteiger partial charge in [0.1, 0.15) is 0 Å². The van der Waals surface area contributed by atoms with E-state index in [9.17, 15) is 14.4 Å². The van der Waals surface area contributed by atoms with E-state index in [-0.39, 0.29) is 17.7 Å². The predicted molar refractivity (Wildman–Crippen MR) is 74.7 cm³/mol. The Hall–Kier alpha value is -2.47. The highest BCUT2D eigenvalue weighted by Gasteiger charge is 2.25. The van der Waals surface area contributed by atoms with Gasteiger partial charge in [-0.3, -0.25) is 14.4 Å². The van der Waals surface area contributed by atoms with Gasteiger partial charge in [-0.05, 0) is 30.7 Å². The molecule has 0 spiro atoms. The van der Waals surface area contributed by atoms with Gasteiger partial charge in [0.05, 0.1) is 11.4 Å². The number of hydrogen-bond donors (Lipinski definition) is 1. The Balaban J connectivity index is 2.16. The number of nitrogens with zero attached hydrogens (tertiary/aromatic N) is 2. The monoisotopic (exact) mass is 273 g/mol. The van der Waals surface area contributed by atoms with Gasteiger partial charge in [-0.15, -0.1) is 0 Å². The molecule has 0 aromatic heterocycles. The number of nitrogens with two attached hydrogens (primary N) is 1. The normalized spacial score (nSPS) is 14.0. The maximum absolute atomic E-state index is 11.7. The Kier molecular flexibility index (Phi) is 3.95. The van der Waals surface area contributed by atoms with Crippen LogP contribution in [-0.2, 0) is 14.4 Å². The average Bonchev–Trinajstić information content (AvgIpc) is 2.78. The molecule has 0 unspecified atom stereocenters. The highest BCUT2D eigenvalue weighted by atomic mass is 16.2. The summed E-state index contributed by atoms with van der Waals surface area (Å²) in [6.07, 6.45) is 3.52. The zero-order chi connectivity index (χ0) is 14.7. The van der Waals surface area contributed by atoms with Crippen molar-refractivity contribution in [3.63, 3.8) is 0 Å². The van der Waals surface area contributed by atoms with Crippen LogP contribution in [0.25, 0.3) is 0 Å². The van der Waals surface area contributed by atoms with Crippen LogP contribution < -0.4 is 15.8 Å². The third-order valence-electron chi connectivity index (χ3n) is 2.93. The number of imide groups is 1. The molecule has 2 rings (SSSR count). The van der Waals surface area contributed by atoms with Crippen molar-refractivity contribution in [2.45, 2.75) is 19.8 Å². The highest BCUT2D eigenvalue weighted by Crippen LogP contribution is 2.22. The molecule has 104 valence electrons. The third-order valence-corrected chi connectivity index (χ3v) is 2.93. The van der Waals surface area contributed by atoms with Gasteiger partial charge in [0.15, 0.2) is 0 Å². The number of carbonyl (C=O) groups excluding carboxylic acids is 3. The summed E-state index contributed by atoms with van der Waals surface area (Å²) in [5.41, 5.74) is 0.962. The SMILES string of the molecule is CCCC(=O)N(N)c1ccc(N2C(=O)C=CC2=O)cc1. The van der Waals surface area contributed by atoms with E-state index in [0.29, 0.717) is 24.2 Å². The molecular formula is C14H15N3O3. The topological polar surface area (TPSA) is 83.7 Å². The molecule has 0 bridgehead atoms. The maximum Gasteiger partial charge on any atom is 0.258 e. The lowest BCUT2D eigenvalue weighted by Crippen LogP contribution is -2.37. The summed E-state index contributed by atoms with van der Waals surface area (Å²) in [7, 11) is 0. The summed E-state index contributed by atoms with van der Waals surface area (Å²) in [5, 5.41) is 1.07. The molecule has 1 heterocycles. The van der Waals surface area contributed by atoms with E-state index in [4.69, 9.17) is 5.84 Å². The van der Waals surface area contributed by atoms with Gasteiger partial charge in [-0.1, -0.05) is 6.92 Å². The molecule has 2 N–H and O–H groups in total. The van der Waals surface area contributed by atoms with E-state index in [0.717, 1.165) is 9.91 Å². The number of carbonyl (C=O) groups is 3. The largest absolute Gasteiger partial charge is 0.273 e. The molecule has 1 aliphatic heterocycles. The van der Waals surface area contributed by atoms with E-state index in [1.807, 2.05) is 6.92 Å². The van der Waals surface area contributed by atoms with Crippen LogP contribution in [0.2, 0.25) is 0 Å². The van der Waals surface area contributed by atoms with Gasteiger partial charge in [-0.25, -0.2) is 15.8 Å².